The first-order valence-electron chi connectivity index (χ1n) is 6.22. The van der Waals surface area contributed by atoms with Crippen LogP contribution < -0.4 is 4.90 Å². The van der Waals surface area contributed by atoms with Gasteiger partial charge < -0.3 is 4.90 Å². The van der Waals surface area contributed by atoms with Crippen molar-refractivity contribution in [1.29, 1.82) is 0 Å². The number of rotatable bonds is 4. The minimum Gasteiger partial charge on any atom is -0.353 e. The van der Waals surface area contributed by atoms with Crippen LogP contribution in [0.2, 0.25) is 10.0 Å². The zero-order chi connectivity index (χ0) is 14.7. The predicted octanol–water partition coefficient (Wildman–Crippen LogP) is 5.32. The van der Waals surface area contributed by atoms with Gasteiger partial charge in [-0.1, -0.05) is 41.4 Å². The summed E-state index contributed by atoms with van der Waals surface area (Å²) in [6.07, 6.45) is 1.63. The van der Waals surface area contributed by atoms with Gasteiger partial charge in [0.2, 0.25) is 0 Å². The van der Waals surface area contributed by atoms with Gasteiger partial charge in [0.1, 0.15) is 5.82 Å². The number of halogens is 3. The molecule has 0 N–H and O–H groups in total. The van der Waals surface area contributed by atoms with Crippen molar-refractivity contribution in [3.05, 3.63) is 57.7 Å². The van der Waals surface area contributed by atoms with E-state index in [-0.39, 0.29) is 6.04 Å². The summed E-state index contributed by atoms with van der Waals surface area (Å²) < 4.78 is 0. The molecule has 5 heteroatoms. The van der Waals surface area contributed by atoms with E-state index in [1.54, 1.807) is 6.20 Å². The molecule has 1 aromatic carbocycles. The number of alkyl halides is 1. The summed E-state index contributed by atoms with van der Waals surface area (Å²) in [7, 11) is 1.97. The van der Waals surface area contributed by atoms with E-state index in [1.165, 1.54) is 0 Å². The molecule has 0 amide bonds. The zero-order valence-corrected chi connectivity index (χ0v) is 13.5. The maximum absolute atomic E-state index is 6.25. The third-order valence-corrected chi connectivity index (χ3v) is 4.33. The number of nitrogens with zero attached hydrogens (tertiary/aromatic N) is 2. The SMILES string of the molecule is CC(c1ccccc1Cl)N(C)c1cc(CCl)c(Cl)cn1. The topological polar surface area (TPSA) is 16.1 Å². The molecule has 1 aromatic heterocycles. The second-order valence-electron chi connectivity index (χ2n) is 4.58. The van der Waals surface area contributed by atoms with Gasteiger partial charge in [0.05, 0.1) is 11.1 Å². The number of benzene rings is 1. The Morgan fingerprint density at radius 1 is 1.20 bits per heavy atom. The van der Waals surface area contributed by atoms with Gasteiger partial charge in [-0.25, -0.2) is 4.98 Å². The lowest BCUT2D eigenvalue weighted by molar-refractivity contribution is 0.728. The molecular weight excluding hydrogens is 315 g/mol. The molecule has 2 aromatic rings. The third-order valence-electron chi connectivity index (χ3n) is 3.36. The first-order chi connectivity index (χ1) is 9.54. The van der Waals surface area contributed by atoms with Gasteiger partial charge in [0, 0.05) is 24.1 Å². The van der Waals surface area contributed by atoms with Gasteiger partial charge in [-0.3, -0.25) is 0 Å². The van der Waals surface area contributed by atoms with Gasteiger partial charge in [-0.15, -0.1) is 11.6 Å². The second kappa shape index (κ2) is 6.66. The Bertz CT molecular complexity index is 601. The van der Waals surface area contributed by atoms with Crippen molar-refractivity contribution in [3.63, 3.8) is 0 Å². The highest BCUT2D eigenvalue weighted by atomic mass is 35.5. The van der Waals surface area contributed by atoms with E-state index in [0.717, 1.165) is 22.0 Å². The van der Waals surface area contributed by atoms with Crippen molar-refractivity contribution in [1.82, 2.24) is 4.98 Å². The predicted molar refractivity (Wildman–Crippen MR) is 87.1 cm³/mol. The number of pyridine rings is 1. The summed E-state index contributed by atoms with van der Waals surface area (Å²) >= 11 is 18.2. The Kier molecular flexibility index (Phi) is 5.14. The molecule has 0 saturated carbocycles. The van der Waals surface area contributed by atoms with Crippen LogP contribution in [-0.2, 0) is 5.88 Å². The molecule has 0 saturated heterocycles. The Hall–Kier alpha value is -0.960. The molecule has 0 aliphatic heterocycles. The summed E-state index contributed by atoms with van der Waals surface area (Å²) in [6, 6.07) is 9.81. The molecule has 1 unspecified atom stereocenters. The fourth-order valence-corrected chi connectivity index (χ4v) is 2.74. The normalized spacial score (nSPS) is 12.2. The van der Waals surface area contributed by atoms with Crippen LogP contribution in [-0.4, -0.2) is 12.0 Å². The van der Waals surface area contributed by atoms with Gasteiger partial charge >= 0.3 is 0 Å². The van der Waals surface area contributed by atoms with Crippen molar-refractivity contribution >= 4 is 40.6 Å². The highest BCUT2D eigenvalue weighted by Gasteiger charge is 2.16. The molecule has 0 radical (unpaired) electrons. The molecule has 0 aliphatic carbocycles. The molecule has 20 heavy (non-hydrogen) atoms. The van der Waals surface area contributed by atoms with Crippen LogP contribution in [0.3, 0.4) is 0 Å². The minimum atomic E-state index is 0.0977. The molecule has 0 spiro atoms. The van der Waals surface area contributed by atoms with Gasteiger partial charge in [0.15, 0.2) is 0 Å². The van der Waals surface area contributed by atoms with Gasteiger partial charge in [-0.2, -0.15) is 0 Å². The lowest BCUT2D eigenvalue weighted by Gasteiger charge is -2.27. The van der Waals surface area contributed by atoms with E-state index in [4.69, 9.17) is 34.8 Å². The molecule has 1 atom stereocenters. The molecule has 1 heterocycles. The van der Waals surface area contributed by atoms with Gasteiger partial charge in [0.25, 0.3) is 0 Å². The summed E-state index contributed by atoms with van der Waals surface area (Å²) in [5.41, 5.74) is 1.93. The Labute approximate surface area is 134 Å². The van der Waals surface area contributed by atoms with Crippen LogP contribution >= 0.6 is 34.8 Å². The van der Waals surface area contributed by atoms with Crippen molar-refractivity contribution in [3.8, 4) is 0 Å². The number of hydrogen-bond donors (Lipinski definition) is 0. The maximum Gasteiger partial charge on any atom is 0.129 e. The highest BCUT2D eigenvalue weighted by Crippen LogP contribution is 2.30. The first kappa shape index (κ1) is 15.4. The molecule has 106 valence electrons. The first-order valence-corrected chi connectivity index (χ1v) is 7.51. The number of aromatic nitrogens is 1. The van der Waals surface area contributed by atoms with E-state index in [1.807, 2.05) is 42.3 Å². The maximum atomic E-state index is 6.25. The Morgan fingerprint density at radius 2 is 1.90 bits per heavy atom. The van der Waals surface area contributed by atoms with Crippen LogP contribution in [0.4, 0.5) is 5.82 Å². The smallest absolute Gasteiger partial charge is 0.129 e. The van der Waals surface area contributed by atoms with Gasteiger partial charge in [-0.05, 0) is 30.2 Å². The van der Waals surface area contributed by atoms with Crippen LogP contribution in [0.25, 0.3) is 0 Å². The standard InChI is InChI=1S/C15H15Cl3N2/c1-10(12-5-3-4-6-13(12)17)20(2)15-7-11(8-16)14(18)9-19-15/h3-7,9-10H,8H2,1-2H3. The van der Waals surface area contributed by atoms with E-state index < -0.39 is 0 Å². The second-order valence-corrected chi connectivity index (χ2v) is 5.66. The van der Waals surface area contributed by atoms with Crippen LogP contribution in [0.15, 0.2) is 36.5 Å². The molecule has 0 aliphatic rings. The van der Waals surface area contributed by atoms with Crippen LogP contribution in [0.1, 0.15) is 24.1 Å². The van der Waals surface area contributed by atoms with Crippen LogP contribution in [0.5, 0.6) is 0 Å². The highest BCUT2D eigenvalue weighted by molar-refractivity contribution is 6.32. The Balaban J connectivity index is 2.31. The summed E-state index contributed by atoms with van der Waals surface area (Å²) in [4.78, 5) is 6.40. The average molecular weight is 330 g/mol. The van der Waals surface area contributed by atoms with E-state index in [9.17, 15) is 0 Å². The Morgan fingerprint density at radius 3 is 2.55 bits per heavy atom. The quantitative estimate of drug-likeness (QED) is 0.705. The molecule has 0 bridgehead atoms. The van der Waals surface area contributed by atoms with Crippen molar-refractivity contribution in [2.45, 2.75) is 18.8 Å². The number of anilines is 1. The summed E-state index contributed by atoms with van der Waals surface area (Å²) in [6.45, 7) is 2.08. The van der Waals surface area contributed by atoms with Crippen molar-refractivity contribution in [2.75, 3.05) is 11.9 Å². The van der Waals surface area contributed by atoms with Crippen molar-refractivity contribution in [2.24, 2.45) is 0 Å². The fraction of sp³-hybridized carbons (Fsp3) is 0.267. The molecule has 0 fully saturated rings. The van der Waals surface area contributed by atoms with E-state index in [2.05, 4.69) is 11.9 Å². The minimum absolute atomic E-state index is 0.0977. The average Bonchev–Trinajstić information content (AvgIpc) is 2.47. The monoisotopic (exact) mass is 328 g/mol. The summed E-state index contributed by atoms with van der Waals surface area (Å²) in [5, 5.41) is 1.33. The third kappa shape index (κ3) is 3.20. The molecule has 2 nitrogen and oxygen atoms in total. The lowest BCUT2D eigenvalue weighted by atomic mass is 10.1. The van der Waals surface area contributed by atoms with E-state index >= 15 is 0 Å². The largest absolute Gasteiger partial charge is 0.353 e. The molecular formula is C15H15Cl3N2. The van der Waals surface area contributed by atoms with E-state index in [0.29, 0.717) is 10.9 Å². The molecule has 2 rings (SSSR count). The van der Waals surface area contributed by atoms with Crippen LogP contribution in [0, 0.1) is 0 Å². The zero-order valence-electron chi connectivity index (χ0n) is 11.3. The fourth-order valence-electron chi connectivity index (χ4n) is 1.98. The lowest BCUT2D eigenvalue weighted by Crippen LogP contribution is -2.23. The van der Waals surface area contributed by atoms with Crippen molar-refractivity contribution < 1.29 is 0 Å². The number of hydrogen-bond acceptors (Lipinski definition) is 2. The summed E-state index contributed by atoms with van der Waals surface area (Å²) in [5.74, 6) is 1.18.